The Hall–Kier alpha value is 0.144. The molecule has 0 aromatic rings. The van der Waals surface area contributed by atoms with E-state index in [1.54, 1.807) is 96.9 Å². The van der Waals surface area contributed by atoms with E-state index in [9.17, 15) is 35.7 Å². The fraction of sp³-hybridized carbons (Fsp3) is 1.00. The van der Waals surface area contributed by atoms with Gasteiger partial charge in [0.25, 0.3) is 0 Å². The molecule has 8 nitrogen and oxygen atoms in total. The summed E-state index contributed by atoms with van der Waals surface area (Å²) < 4.78 is 0. The summed E-state index contributed by atoms with van der Waals surface area (Å²) in [6, 6.07) is 0. The molecule has 0 fully saturated rings. The van der Waals surface area contributed by atoms with Gasteiger partial charge >= 0.3 is 27.9 Å². The predicted molar refractivity (Wildman–Crippen MR) is 108 cm³/mol. The van der Waals surface area contributed by atoms with Gasteiger partial charge in [-0.1, -0.05) is 96.9 Å². The van der Waals surface area contributed by atoms with Crippen LogP contribution in [0.2, 0.25) is 0 Å². The van der Waals surface area contributed by atoms with E-state index < -0.39 is 42.7 Å². The minimum absolute atomic E-state index is 0. The summed E-state index contributed by atoms with van der Waals surface area (Å²) in [5.41, 5.74) is 0. The maximum Gasteiger partial charge on any atom is 4.00 e. The first-order valence-electron chi connectivity index (χ1n) is 9.73. The van der Waals surface area contributed by atoms with E-state index in [-0.39, 0.29) is 27.9 Å². The molecule has 30 heavy (non-hydrogen) atoms. The second-order valence-corrected chi connectivity index (χ2v) is 7.34. The van der Waals surface area contributed by atoms with Crippen molar-refractivity contribution >= 4 is 0 Å². The molecular weight excluding hydrogens is 426 g/mol. The van der Waals surface area contributed by atoms with Gasteiger partial charge in [-0.3, -0.25) is 0 Å². The zero-order chi connectivity index (χ0) is 25.0. The minimum Gasteiger partial charge on any atom is -0.852 e. The Balaban J connectivity index is -0.0000000242. The minimum atomic E-state index is -0.417. The fourth-order valence-electron chi connectivity index (χ4n) is 0. The molecule has 9 heteroatoms. The van der Waals surface area contributed by atoms with Crippen LogP contribution >= 0.6 is 0 Å². The molecule has 0 heterocycles. The van der Waals surface area contributed by atoms with Crippen LogP contribution in [0.5, 0.6) is 0 Å². The normalized spacial score (nSPS) is 8.40. The van der Waals surface area contributed by atoms with Crippen molar-refractivity contribution in [3.05, 3.63) is 0 Å². The van der Waals surface area contributed by atoms with Crippen molar-refractivity contribution in [3.63, 3.8) is 0 Å². The standard InChI is InChI=1S/7C3H7O.N.Ti/c7*1-3(2)4;;/h7*3H,1-2H3;;/q7*-1;+3;+4. The molecule has 0 N–H and O–H groups in total. The Morgan fingerprint density at radius 3 is 0.267 bits per heavy atom. The summed E-state index contributed by atoms with van der Waals surface area (Å²) in [7, 11) is 0. The first kappa shape index (κ1) is 57.3. The van der Waals surface area contributed by atoms with Crippen molar-refractivity contribution < 1.29 is 57.5 Å². The Bertz CT molecular complexity index is 128. The van der Waals surface area contributed by atoms with E-state index in [2.05, 4.69) is 0 Å². The van der Waals surface area contributed by atoms with Crippen molar-refractivity contribution in [2.75, 3.05) is 0 Å². The molecule has 0 spiro atoms. The van der Waals surface area contributed by atoms with Gasteiger partial charge in [-0.25, -0.2) is 0 Å². The maximum absolute atomic E-state index is 9.53. The van der Waals surface area contributed by atoms with Crippen molar-refractivity contribution in [3.8, 4) is 0 Å². The number of nitrogens with zero attached hydrogens (tertiary/aromatic N) is 1. The van der Waals surface area contributed by atoms with Gasteiger partial charge < -0.3 is 35.7 Å². The van der Waals surface area contributed by atoms with Crippen molar-refractivity contribution in [2.24, 2.45) is 0 Å². The van der Waals surface area contributed by atoms with Crippen LogP contribution in [0.4, 0.5) is 0 Å². The number of rotatable bonds is 0. The summed E-state index contributed by atoms with van der Waals surface area (Å²) in [6.07, 6.45) is -2.92. The molecule has 0 rings (SSSR count). The van der Waals surface area contributed by atoms with Gasteiger partial charge in [0, 0.05) is 0 Å². The molecule has 0 saturated carbocycles. The van der Waals surface area contributed by atoms with E-state index in [1.165, 1.54) is 0 Å². The van der Waals surface area contributed by atoms with Gasteiger partial charge in [-0.2, -0.15) is 0 Å². The molecule has 0 aromatic carbocycles. The van der Waals surface area contributed by atoms with Crippen LogP contribution in [0.3, 0.4) is 0 Å². The molecule has 0 bridgehead atoms. The summed E-state index contributed by atoms with van der Waals surface area (Å²) in [4.78, 5) is 0. The average molecular weight is 475 g/mol. The molecular formula is C21H49NO7Ti. The molecule has 0 aliphatic rings. The van der Waals surface area contributed by atoms with E-state index in [0.717, 1.165) is 0 Å². The molecule has 0 saturated heterocycles. The third kappa shape index (κ3) is 996000. The maximum atomic E-state index is 9.53. The molecule has 0 atom stereocenters. The predicted octanol–water partition coefficient (Wildman–Crippen LogP) is -2.20. The number of hydrogen-bond acceptors (Lipinski definition) is 7. The summed E-state index contributed by atoms with van der Waals surface area (Å²) in [5, 5.41) is 66.7. The van der Waals surface area contributed by atoms with E-state index in [4.69, 9.17) is 0 Å². The van der Waals surface area contributed by atoms with Crippen LogP contribution in [-0.2, 0) is 21.7 Å². The van der Waals surface area contributed by atoms with Crippen LogP contribution < -0.4 is 41.9 Å². The molecule has 0 unspecified atom stereocenters. The molecule has 0 amide bonds. The molecule has 0 aliphatic heterocycles. The summed E-state index contributed by atoms with van der Waals surface area (Å²) >= 11 is 0. The van der Waals surface area contributed by atoms with Crippen LogP contribution in [0.25, 0.3) is 0 Å². The second kappa shape index (κ2) is 51.6. The van der Waals surface area contributed by atoms with E-state index >= 15 is 0 Å². The summed E-state index contributed by atoms with van der Waals surface area (Å²) in [5.74, 6) is 0. The smallest absolute Gasteiger partial charge is 0.852 e. The average Bonchev–Trinajstić information content (AvgIpc) is 2.20. The van der Waals surface area contributed by atoms with Gasteiger partial charge in [0.2, 0.25) is 0 Å². The SMILES string of the molecule is CC(C)[O-].CC(C)[O-].CC(C)[O-].CC(C)[O-].CC(C)[O-].CC(C)[O-].CC(C)[O-].[N+3].[Ti+4]. The molecule has 0 aliphatic carbocycles. The van der Waals surface area contributed by atoms with Crippen LogP contribution in [0, 0.1) is 0 Å². The topological polar surface area (TPSA) is 192 Å². The Morgan fingerprint density at radius 2 is 0.267 bits per heavy atom. The first-order valence-corrected chi connectivity index (χ1v) is 9.73. The van der Waals surface area contributed by atoms with Gasteiger partial charge in [-0.15, -0.1) is 42.7 Å². The Morgan fingerprint density at radius 1 is 0.267 bits per heavy atom. The first-order chi connectivity index (χ1) is 12.1. The van der Waals surface area contributed by atoms with E-state index in [1.807, 2.05) is 0 Å². The van der Waals surface area contributed by atoms with Gasteiger partial charge in [0.15, 0.2) is 0 Å². The van der Waals surface area contributed by atoms with Gasteiger partial charge in [0.1, 0.15) is 0 Å². The monoisotopic (exact) mass is 475 g/mol. The fourth-order valence-corrected chi connectivity index (χ4v) is 0. The largest absolute Gasteiger partial charge is 4.00 e. The van der Waals surface area contributed by atoms with E-state index in [0.29, 0.717) is 0 Å². The zero-order valence-electron chi connectivity index (χ0n) is 21.8. The third-order valence-corrected chi connectivity index (χ3v) is 0. The quantitative estimate of drug-likeness (QED) is 0.355. The number of hydrogen-bond donors (Lipinski definition) is 0. The molecule has 0 aromatic heterocycles. The Labute approximate surface area is 203 Å². The third-order valence-electron chi connectivity index (χ3n) is 0. The summed E-state index contributed by atoms with van der Waals surface area (Å²) in [6.45, 7) is 22.6. The van der Waals surface area contributed by atoms with Crippen molar-refractivity contribution in [2.45, 2.75) is 140 Å². The van der Waals surface area contributed by atoms with Gasteiger partial charge in [0.05, 0.1) is 0 Å². The zero-order valence-corrected chi connectivity index (χ0v) is 23.4. The molecule has 184 valence electrons. The molecule has 2 radical (unpaired) electrons. The second-order valence-electron chi connectivity index (χ2n) is 7.34. The van der Waals surface area contributed by atoms with Crippen LogP contribution in [-0.4, -0.2) is 42.7 Å². The van der Waals surface area contributed by atoms with Crippen molar-refractivity contribution in [1.82, 2.24) is 6.15 Å². The van der Waals surface area contributed by atoms with Crippen molar-refractivity contribution in [1.29, 1.82) is 0 Å². The van der Waals surface area contributed by atoms with Gasteiger partial charge in [-0.05, 0) is 0 Å². The Kier molecular flexibility index (Phi) is 98.6. The van der Waals surface area contributed by atoms with Crippen LogP contribution in [0.15, 0.2) is 0 Å². The van der Waals surface area contributed by atoms with Crippen LogP contribution in [0.1, 0.15) is 96.9 Å².